The molecule has 0 N–H and O–H groups in total. The lowest BCUT2D eigenvalue weighted by atomic mass is 10.2. The molecule has 24 heavy (non-hydrogen) atoms. The normalized spacial score (nSPS) is 18.4. The zero-order chi connectivity index (χ0) is 17.5. The number of amides is 1. The second kappa shape index (κ2) is 6.12. The van der Waals surface area contributed by atoms with Crippen molar-refractivity contribution in [1.29, 1.82) is 0 Å². The van der Waals surface area contributed by atoms with Crippen molar-refractivity contribution in [3.05, 3.63) is 34.9 Å². The van der Waals surface area contributed by atoms with Crippen LogP contribution in [-0.4, -0.2) is 43.0 Å². The van der Waals surface area contributed by atoms with Crippen LogP contribution in [0.2, 0.25) is 5.02 Å². The SMILES string of the molecule is Cn1nc(C(F)(F)F)c(Cl)c1C(=O)N1CCC[C@@H]1Cn1cccn1. The Morgan fingerprint density at radius 1 is 1.46 bits per heavy atom. The average Bonchev–Trinajstić information content (AvgIpc) is 3.20. The molecule has 1 fully saturated rings. The molecule has 1 atom stereocenters. The summed E-state index contributed by atoms with van der Waals surface area (Å²) in [4.78, 5) is 14.3. The fourth-order valence-corrected chi connectivity index (χ4v) is 3.31. The number of likely N-dealkylation sites (tertiary alicyclic amines) is 1. The number of carbonyl (C=O) groups excluding carboxylic acids is 1. The van der Waals surface area contributed by atoms with E-state index in [1.165, 1.54) is 7.05 Å². The summed E-state index contributed by atoms with van der Waals surface area (Å²) in [6, 6.07) is 1.63. The summed E-state index contributed by atoms with van der Waals surface area (Å²) in [5.41, 5.74) is -1.48. The van der Waals surface area contributed by atoms with Crippen molar-refractivity contribution in [1.82, 2.24) is 24.5 Å². The average molecular weight is 362 g/mol. The van der Waals surface area contributed by atoms with Gasteiger partial charge in [-0.2, -0.15) is 23.4 Å². The van der Waals surface area contributed by atoms with Crippen molar-refractivity contribution in [3.63, 3.8) is 0 Å². The summed E-state index contributed by atoms with van der Waals surface area (Å²) in [5.74, 6) is -0.542. The van der Waals surface area contributed by atoms with E-state index < -0.39 is 22.8 Å². The molecule has 2 aromatic heterocycles. The van der Waals surface area contributed by atoms with E-state index in [2.05, 4.69) is 10.2 Å². The molecule has 0 radical (unpaired) electrons. The quantitative estimate of drug-likeness (QED) is 0.844. The molecular weight excluding hydrogens is 347 g/mol. The molecule has 10 heteroatoms. The second-order valence-electron chi connectivity index (χ2n) is 5.66. The summed E-state index contributed by atoms with van der Waals surface area (Å²) in [7, 11) is 1.28. The van der Waals surface area contributed by atoms with Crippen molar-refractivity contribution >= 4 is 17.5 Å². The first-order valence-corrected chi connectivity index (χ1v) is 7.75. The molecule has 1 saturated heterocycles. The maximum absolute atomic E-state index is 12.9. The van der Waals surface area contributed by atoms with Gasteiger partial charge in [0, 0.05) is 26.0 Å². The Labute approximate surface area is 140 Å². The molecule has 0 aliphatic carbocycles. The zero-order valence-corrected chi connectivity index (χ0v) is 13.5. The smallest absolute Gasteiger partial charge is 0.332 e. The first kappa shape index (κ1) is 16.8. The van der Waals surface area contributed by atoms with Gasteiger partial charge in [-0.25, -0.2) is 0 Å². The van der Waals surface area contributed by atoms with Crippen molar-refractivity contribution in [3.8, 4) is 0 Å². The molecule has 1 amide bonds. The summed E-state index contributed by atoms with van der Waals surface area (Å²) >= 11 is 5.81. The minimum absolute atomic E-state index is 0.141. The number of halogens is 4. The molecule has 0 saturated carbocycles. The second-order valence-corrected chi connectivity index (χ2v) is 6.03. The van der Waals surface area contributed by atoms with E-state index >= 15 is 0 Å². The van der Waals surface area contributed by atoms with Gasteiger partial charge < -0.3 is 4.90 Å². The Balaban J connectivity index is 1.87. The van der Waals surface area contributed by atoms with E-state index in [0.29, 0.717) is 13.1 Å². The molecule has 3 heterocycles. The molecular formula is C14H15ClF3N5O. The number of carbonyl (C=O) groups is 1. The molecule has 130 valence electrons. The highest BCUT2D eigenvalue weighted by atomic mass is 35.5. The van der Waals surface area contributed by atoms with Crippen LogP contribution in [0.3, 0.4) is 0 Å². The minimum atomic E-state index is -4.70. The highest BCUT2D eigenvalue weighted by molar-refractivity contribution is 6.34. The maximum Gasteiger partial charge on any atom is 0.436 e. The lowest BCUT2D eigenvalue weighted by Crippen LogP contribution is -2.39. The third-order valence-corrected chi connectivity index (χ3v) is 4.41. The van der Waals surface area contributed by atoms with E-state index in [-0.39, 0.29) is 11.7 Å². The van der Waals surface area contributed by atoms with Crippen molar-refractivity contribution in [2.45, 2.75) is 31.6 Å². The molecule has 6 nitrogen and oxygen atoms in total. The van der Waals surface area contributed by atoms with Crippen LogP contribution in [0.15, 0.2) is 18.5 Å². The maximum atomic E-state index is 12.9. The minimum Gasteiger partial charge on any atom is -0.332 e. The van der Waals surface area contributed by atoms with E-state index in [4.69, 9.17) is 11.6 Å². The predicted molar refractivity (Wildman–Crippen MR) is 79.5 cm³/mol. The molecule has 1 aliphatic rings. The number of rotatable bonds is 3. The Hall–Kier alpha value is -2.03. The highest BCUT2D eigenvalue weighted by Crippen LogP contribution is 2.36. The van der Waals surface area contributed by atoms with Gasteiger partial charge in [-0.1, -0.05) is 11.6 Å². The van der Waals surface area contributed by atoms with Gasteiger partial charge >= 0.3 is 6.18 Å². The molecule has 0 spiro atoms. The van der Waals surface area contributed by atoms with Gasteiger partial charge in [0.25, 0.3) is 5.91 Å². The van der Waals surface area contributed by atoms with Gasteiger partial charge in [0.15, 0.2) is 5.69 Å². The first-order valence-electron chi connectivity index (χ1n) is 7.37. The largest absolute Gasteiger partial charge is 0.436 e. The van der Waals surface area contributed by atoms with Gasteiger partial charge in [-0.05, 0) is 18.9 Å². The van der Waals surface area contributed by atoms with Crippen molar-refractivity contribution < 1.29 is 18.0 Å². The van der Waals surface area contributed by atoms with Crippen molar-refractivity contribution in [2.24, 2.45) is 7.05 Å². The number of aromatic nitrogens is 4. The third kappa shape index (κ3) is 3.00. The highest BCUT2D eigenvalue weighted by Gasteiger charge is 2.41. The van der Waals surface area contributed by atoms with Crippen LogP contribution in [0, 0.1) is 0 Å². The van der Waals surface area contributed by atoms with Crippen LogP contribution in [0.1, 0.15) is 29.0 Å². The third-order valence-electron chi connectivity index (χ3n) is 4.06. The molecule has 0 bridgehead atoms. The summed E-state index contributed by atoms with van der Waals surface area (Å²) in [6.07, 6.45) is 0.244. The molecule has 2 aromatic rings. The zero-order valence-electron chi connectivity index (χ0n) is 12.8. The van der Waals surface area contributed by atoms with E-state index in [1.54, 1.807) is 28.0 Å². The summed E-state index contributed by atoms with van der Waals surface area (Å²) < 4.78 is 41.3. The van der Waals surface area contributed by atoms with E-state index in [1.807, 2.05) is 0 Å². The van der Waals surface area contributed by atoms with E-state index in [9.17, 15) is 18.0 Å². The van der Waals surface area contributed by atoms with Crippen LogP contribution in [0.4, 0.5) is 13.2 Å². The molecule has 0 unspecified atom stereocenters. The number of hydrogen-bond acceptors (Lipinski definition) is 3. The van der Waals surface area contributed by atoms with Crippen LogP contribution < -0.4 is 0 Å². The first-order chi connectivity index (χ1) is 11.3. The van der Waals surface area contributed by atoms with E-state index in [0.717, 1.165) is 17.5 Å². The molecule has 0 aromatic carbocycles. The summed E-state index contributed by atoms with van der Waals surface area (Å²) in [5, 5.41) is 6.82. The fourth-order valence-electron chi connectivity index (χ4n) is 2.96. The van der Waals surface area contributed by atoms with Crippen LogP contribution in [0.25, 0.3) is 0 Å². The Kier molecular flexibility index (Phi) is 4.29. The van der Waals surface area contributed by atoms with Crippen LogP contribution >= 0.6 is 11.6 Å². The Bertz CT molecular complexity index is 740. The summed E-state index contributed by atoms with van der Waals surface area (Å²) in [6.45, 7) is 0.952. The Morgan fingerprint density at radius 2 is 2.21 bits per heavy atom. The van der Waals surface area contributed by atoms with Gasteiger partial charge in [-0.15, -0.1) is 0 Å². The van der Waals surface area contributed by atoms with Gasteiger partial charge in [-0.3, -0.25) is 14.2 Å². The standard InChI is InChI=1S/C14H15ClF3N5O/c1-21-11(10(15)12(20-21)14(16,17)18)13(24)23-7-2-4-9(23)8-22-6-3-5-19-22/h3,5-6,9H,2,4,7-8H2,1H3/t9-/m1/s1. The van der Waals surface area contributed by atoms with Crippen molar-refractivity contribution in [2.75, 3.05) is 6.54 Å². The van der Waals surface area contributed by atoms with Crippen LogP contribution in [-0.2, 0) is 19.8 Å². The molecule has 3 rings (SSSR count). The number of aryl methyl sites for hydroxylation is 1. The number of nitrogens with zero attached hydrogens (tertiary/aromatic N) is 5. The number of hydrogen-bond donors (Lipinski definition) is 0. The fraction of sp³-hybridized carbons (Fsp3) is 0.500. The number of alkyl halides is 3. The molecule has 1 aliphatic heterocycles. The van der Waals surface area contributed by atoms with Crippen LogP contribution in [0.5, 0.6) is 0 Å². The lowest BCUT2D eigenvalue weighted by molar-refractivity contribution is -0.141. The monoisotopic (exact) mass is 361 g/mol. The predicted octanol–water partition coefficient (Wildman–Crippen LogP) is 2.59. The lowest BCUT2D eigenvalue weighted by Gasteiger charge is -2.24. The van der Waals surface area contributed by atoms with Gasteiger partial charge in [0.2, 0.25) is 0 Å². The van der Waals surface area contributed by atoms with Gasteiger partial charge in [0.1, 0.15) is 10.7 Å². The topological polar surface area (TPSA) is 56.0 Å². The van der Waals surface area contributed by atoms with Gasteiger partial charge in [0.05, 0.1) is 12.6 Å². The Morgan fingerprint density at radius 3 is 2.79 bits per heavy atom.